The predicted molar refractivity (Wildman–Crippen MR) is 272 cm³/mol. The van der Waals surface area contributed by atoms with Crippen molar-refractivity contribution >= 4 is 44.8 Å². The fourth-order valence-corrected chi connectivity index (χ4v) is 9.95. The van der Waals surface area contributed by atoms with Crippen LogP contribution in [-0.2, 0) is 16.1 Å². The molecule has 3 saturated heterocycles. The topological polar surface area (TPSA) is 134 Å². The van der Waals surface area contributed by atoms with Gasteiger partial charge in [-0.3, -0.25) is 0 Å². The molecule has 3 N–H and O–H groups in total. The average molecular weight is 943 g/mol. The lowest BCUT2D eigenvalue weighted by atomic mass is 9.89. The maximum atomic E-state index is 15.0. The van der Waals surface area contributed by atoms with E-state index < -0.39 is 11.3 Å². The molecule has 0 amide bonds. The second-order valence-corrected chi connectivity index (χ2v) is 19.6. The van der Waals surface area contributed by atoms with Gasteiger partial charge in [0, 0.05) is 88.7 Å². The van der Waals surface area contributed by atoms with Gasteiger partial charge in [0.1, 0.15) is 23.1 Å². The molecule has 0 atom stereocenters. The van der Waals surface area contributed by atoms with Gasteiger partial charge in [0.15, 0.2) is 23.0 Å². The summed E-state index contributed by atoms with van der Waals surface area (Å²) in [5.41, 5.74) is 2.90. The van der Waals surface area contributed by atoms with Gasteiger partial charge in [0.2, 0.25) is 0 Å². The van der Waals surface area contributed by atoms with Crippen molar-refractivity contribution in [2.75, 3.05) is 92.8 Å². The molecule has 0 bridgehead atoms. The van der Waals surface area contributed by atoms with E-state index in [1.165, 1.54) is 12.8 Å². The van der Waals surface area contributed by atoms with Gasteiger partial charge in [-0.2, -0.15) is 0 Å². The van der Waals surface area contributed by atoms with Crippen molar-refractivity contribution in [2.24, 2.45) is 0 Å². The lowest BCUT2D eigenvalue weighted by molar-refractivity contribution is 0.198. The number of hydrogen-bond acceptors (Lipinski definition) is 12. The first kappa shape index (κ1) is 48.2. The molecule has 12 nitrogen and oxygen atoms in total. The van der Waals surface area contributed by atoms with Crippen LogP contribution in [0.2, 0.25) is 0 Å². The van der Waals surface area contributed by atoms with Crippen molar-refractivity contribution in [3.63, 3.8) is 0 Å². The van der Waals surface area contributed by atoms with Crippen molar-refractivity contribution in [1.82, 2.24) is 19.9 Å². The Kier molecular flexibility index (Phi) is 14.7. The van der Waals surface area contributed by atoms with E-state index >= 15 is 0 Å². The van der Waals surface area contributed by atoms with Gasteiger partial charge in [-0.05, 0) is 142 Å². The molecule has 5 fully saturated rings. The number of piperidine rings is 2. The molecule has 2 aliphatic carbocycles. The Hall–Kier alpha value is -5.86. The monoisotopic (exact) mass is 943 g/mol. The van der Waals surface area contributed by atoms with Crippen LogP contribution in [0.4, 0.5) is 31.8 Å². The van der Waals surface area contributed by atoms with Crippen molar-refractivity contribution in [3.05, 3.63) is 108 Å². The van der Waals surface area contributed by atoms with E-state index in [1.54, 1.807) is 12.1 Å². The Labute approximate surface area is 405 Å². The molecule has 69 heavy (non-hydrogen) atoms. The van der Waals surface area contributed by atoms with E-state index in [0.717, 1.165) is 134 Å². The van der Waals surface area contributed by atoms with Crippen molar-refractivity contribution < 1.29 is 28.8 Å². The predicted octanol–water partition coefficient (Wildman–Crippen LogP) is 10.4. The number of fused-ring (bicyclic) bond motifs is 2. The molecule has 2 saturated carbocycles. The van der Waals surface area contributed by atoms with E-state index in [0.29, 0.717) is 67.2 Å². The molecule has 5 aliphatic rings. The number of anilines is 4. The van der Waals surface area contributed by atoms with Crippen LogP contribution in [0, 0.1) is 0 Å². The summed E-state index contributed by atoms with van der Waals surface area (Å²) in [7, 11) is 4.03. The van der Waals surface area contributed by atoms with Crippen molar-refractivity contribution in [3.8, 4) is 11.5 Å². The molecule has 14 heteroatoms. The number of alkyl halides is 2. The summed E-state index contributed by atoms with van der Waals surface area (Å²) in [5.74, 6) is 3.59. The standard InChI is InChI=1S/C26H31FN4O.C25H29FN4O2.C4H8O/c1-3-14-30(2)19-8-9-22-21(17-19)24(29-25(28-22)26(27)12-13-26)31-15-10-18(11-16-31)20-6-4-5-7-23(20)32;1-29(14-15-31)18-6-7-21-20(16-18)23(28-24(27-21)25(26)10-11-25)30-12-8-17(9-13-30)19-4-2-3-5-22(19)32;1-2-4-5-3-1/h4-9,17-18,32H,3,10-16H2,1-2H3;2-7,16-17,31-32H,8-15H2,1H3;1-4H2. The summed E-state index contributed by atoms with van der Waals surface area (Å²) in [6.45, 7) is 8.93. The maximum Gasteiger partial charge on any atom is 0.170 e. The van der Waals surface area contributed by atoms with Crippen LogP contribution in [0.5, 0.6) is 11.5 Å². The third-order valence-corrected chi connectivity index (χ3v) is 14.5. The summed E-state index contributed by atoms with van der Waals surface area (Å²) in [4.78, 5) is 27.5. The number of phenolic OH excluding ortho intramolecular Hbond substituents is 2. The van der Waals surface area contributed by atoms with Gasteiger partial charge < -0.3 is 39.7 Å². The van der Waals surface area contributed by atoms with Crippen molar-refractivity contribution in [2.45, 2.75) is 101 Å². The molecular formula is C55H68F2N8O4. The largest absolute Gasteiger partial charge is 0.508 e. The van der Waals surface area contributed by atoms with Crippen LogP contribution in [0.1, 0.15) is 112 Å². The minimum atomic E-state index is -1.40. The van der Waals surface area contributed by atoms with Gasteiger partial charge in [-0.25, -0.2) is 28.7 Å². The normalized spacial score (nSPS) is 18.6. The van der Waals surface area contributed by atoms with Crippen LogP contribution >= 0.6 is 0 Å². The molecular weight excluding hydrogens is 875 g/mol. The Morgan fingerprint density at radius 3 is 1.39 bits per heavy atom. The van der Waals surface area contributed by atoms with Crippen LogP contribution < -0.4 is 19.6 Å². The molecule has 5 heterocycles. The first-order valence-corrected chi connectivity index (χ1v) is 25.2. The number of benzene rings is 4. The molecule has 2 aromatic heterocycles. The Morgan fingerprint density at radius 1 is 0.609 bits per heavy atom. The molecule has 11 rings (SSSR count). The highest BCUT2D eigenvalue weighted by molar-refractivity contribution is 5.93. The van der Waals surface area contributed by atoms with Gasteiger partial charge in [0.25, 0.3) is 0 Å². The molecule has 3 aliphatic heterocycles. The van der Waals surface area contributed by atoms with Crippen molar-refractivity contribution in [1.29, 1.82) is 0 Å². The summed E-state index contributed by atoms with van der Waals surface area (Å²) in [6, 6.07) is 27.3. The minimum absolute atomic E-state index is 0.0705. The lowest BCUT2D eigenvalue weighted by Crippen LogP contribution is -2.34. The SMILES string of the molecule is C1CCOC1.CCCN(C)c1ccc2nc(C3(F)CC3)nc(N3CCC(c4ccccc4O)CC3)c2c1.CN(CCO)c1ccc2nc(C3(F)CC3)nc(N3CCC(c4ccccc4O)CC3)c2c1. The first-order valence-electron chi connectivity index (χ1n) is 25.2. The Balaban J connectivity index is 0.000000156. The van der Waals surface area contributed by atoms with E-state index in [9.17, 15) is 24.1 Å². The summed E-state index contributed by atoms with van der Waals surface area (Å²) in [6.07, 6.45) is 9.22. The number of phenols is 2. The molecule has 0 spiro atoms. The summed E-state index contributed by atoms with van der Waals surface area (Å²) in [5, 5.41) is 31.7. The lowest BCUT2D eigenvalue weighted by Gasteiger charge is -2.34. The number of halogens is 2. The smallest absolute Gasteiger partial charge is 0.170 e. The zero-order chi connectivity index (χ0) is 48.1. The highest BCUT2D eigenvalue weighted by atomic mass is 19.1. The number of aliphatic hydroxyl groups excluding tert-OH is 1. The highest BCUT2D eigenvalue weighted by Gasteiger charge is 2.49. The highest BCUT2D eigenvalue weighted by Crippen LogP contribution is 2.50. The second-order valence-electron chi connectivity index (χ2n) is 19.6. The number of rotatable bonds is 12. The fourth-order valence-electron chi connectivity index (χ4n) is 9.95. The zero-order valence-corrected chi connectivity index (χ0v) is 40.5. The molecule has 4 aromatic carbocycles. The van der Waals surface area contributed by atoms with Crippen LogP contribution in [0.3, 0.4) is 0 Å². The molecule has 0 radical (unpaired) electrons. The minimum Gasteiger partial charge on any atom is -0.508 e. The molecule has 0 unspecified atom stereocenters. The number of nitrogens with zero attached hydrogens (tertiary/aromatic N) is 8. The van der Waals surface area contributed by atoms with Gasteiger partial charge in [-0.1, -0.05) is 43.3 Å². The number of aliphatic hydroxyl groups is 1. The quantitative estimate of drug-likeness (QED) is 0.108. The number of likely N-dealkylation sites (N-methyl/N-ethyl adjacent to an activating group) is 1. The summed E-state index contributed by atoms with van der Waals surface area (Å²) < 4.78 is 34.8. The van der Waals surface area contributed by atoms with Gasteiger partial charge in [0.05, 0.1) is 17.6 Å². The first-order chi connectivity index (χ1) is 33.5. The van der Waals surface area contributed by atoms with Crippen LogP contribution in [0.25, 0.3) is 21.8 Å². The number of hydrogen-bond donors (Lipinski definition) is 3. The second kappa shape index (κ2) is 21.0. The van der Waals surface area contributed by atoms with E-state index in [2.05, 4.69) is 50.8 Å². The molecule has 366 valence electrons. The van der Waals surface area contributed by atoms with Gasteiger partial charge >= 0.3 is 0 Å². The van der Waals surface area contributed by atoms with Crippen LogP contribution in [-0.4, -0.2) is 108 Å². The van der Waals surface area contributed by atoms with Crippen LogP contribution in [0.15, 0.2) is 84.9 Å². The summed E-state index contributed by atoms with van der Waals surface area (Å²) >= 11 is 0. The third-order valence-electron chi connectivity index (χ3n) is 14.5. The number of para-hydroxylation sites is 2. The number of ether oxygens (including phenoxy) is 1. The average Bonchev–Trinajstić information content (AvgIpc) is 4.24. The fraction of sp³-hybridized carbons (Fsp3) is 0.491. The Bertz CT molecular complexity index is 2510. The Morgan fingerprint density at radius 2 is 1.03 bits per heavy atom. The van der Waals surface area contributed by atoms with E-state index in [4.69, 9.17) is 14.7 Å². The van der Waals surface area contributed by atoms with E-state index in [1.807, 2.05) is 72.6 Å². The van der Waals surface area contributed by atoms with E-state index in [-0.39, 0.29) is 6.61 Å². The van der Waals surface area contributed by atoms with Gasteiger partial charge in [-0.15, -0.1) is 0 Å². The number of aromatic nitrogens is 4. The number of aromatic hydroxyl groups is 2. The zero-order valence-electron chi connectivity index (χ0n) is 40.5. The maximum absolute atomic E-state index is 15.0. The molecule has 6 aromatic rings. The third kappa shape index (κ3) is 11.0.